The first-order valence-corrected chi connectivity index (χ1v) is 21.8. The van der Waals surface area contributed by atoms with Crippen LogP contribution in [0.5, 0.6) is 0 Å². The second-order valence-corrected chi connectivity index (χ2v) is 16.6. The van der Waals surface area contributed by atoms with E-state index in [2.05, 4.69) is 140 Å². The molecular formula is C49H69ClN4O6. The number of anilines is 1. The summed E-state index contributed by atoms with van der Waals surface area (Å²) in [6, 6.07) is 17.4. The SMILES string of the molecule is C[N+]1=C(C=CC=CC=C2N(CCCCCC(=O)NCCOCCOCCOCCNC(=O)OC3C=CCCCCC3)c3ccccc3C2(C)C)C(C)(C)c2ccccc21.[Cl-]. The van der Waals surface area contributed by atoms with Crippen LogP contribution in [0.2, 0.25) is 0 Å². The van der Waals surface area contributed by atoms with Crippen molar-refractivity contribution >= 4 is 29.1 Å². The lowest BCUT2D eigenvalue weighted by atomic mass is 9.81. The zero-order valence-electron chi connectivity index (χ0n) is 36.7. The van der Waals surface area contributed by atoms with Gasteiger partial charge in [-0.1, -0.05) is 87.4 Å². The average Bonchev–Trinajstić information content (AvgIpc) is 3.54. The molecule has 1 unspecified atom stereocenters. The van der Waals surface area contributed by atoms with Crippen LogP contribution < -0.4 is 27.9 Å². The van der Waals surface area contributed by atoms with Gasteiger partial charge in [-0.05, 0) is 76.2 Å². The largest absolute Gasteiger partial charge is 1.00 e. The smallest absolute Gasteiger partial charge is 0.407 e. The fraction of sp³-hybridized carbons (Fsp3) is 0.531. The summed E-state index contributed by atoms with van der Waals surface area (Å²) in [6.07, 6.45) is 23.2. The molecule has 1 aliphatic carbocycles. The molecule has 2 aliphatic heterocycles. The lowest BCUT2D eigenvalue weighted by Crippen LogP contribution is -3.00. The van der Waals surface area contributed by atoms with E-state index in [1.165, 1.54) is 46.8 Å². The van der Waals surface area contributed by atoms with Crippen molar-refractivity contribution in [3.63, 3.8) is 0 Å². The second-order valence-electron chi connectivity index (χ2n) is 16.6. The maximum absolute atomic E-state index is 12.5. The molecule has 60 heavy (non-hydrogen) atoms. The number of hydrogen-bond acceptors (Lipinski definition) is 7. The molecule has 5 rings (SSSR count). The maximum Gasteiger partial charge on any atom is 0.407 e. The van der Waals surface area contributed by atoms with Gasteiger partial charge in [0.2, 0.25) is 11.6 Å². The molecule has 0 saturated carbocycles. The number of amides is 2. The summed E-state index contributed by atoms with van der Waals surface area (Å²) >= 11 is 0. The van der Waals surface area contributed by atoms with E-state index >= 15 is 0 Å². The second kappa shape index (κ2) is 24.9. The van der Waals surface area contributed by atoms with Crippen molar-refractivity contribution in [2.75, 3.05) is 71.2 Å². The number of fused-ring (bicyclic) bond motifs is 2. The molecule has 2 aromatic carbocycles. The minimum absolute atomic E-state index is 0. The number of carbonyl (C=O) groups excluding carboxylic acids is 2. The Morgan fingerprint density at radius 3 is 2.22 bits per heavy atom. The number of para-hydroxylation sites is 2. The highest BCUT2D eigenvalue weighted by atomic mass is 35.5. The summed E-state index contributed by atoms with van der Waals surface area (Å²) < 4.78 is 24.5. The highest BCUT2D eigenvalue weighted by Crippen LogP contribution is 2.47. The van der Waals surface area contributed by atoms with Crippen molar-refractivity contribution in [1.82, 2.24) is 10.6 Å². The predicted octanol–water partition coefficient (Wildman–Crippen LogP) is 5.83. The van der Waals surface area contributed by atoms with Crippen LogP contribution >= 0.6 is 0 Å². The molecule has 1 atom stereocenters. The standard InChI is InChI=1S/C49H68N4O6.ClH/c1-48(2)40-23-16-18-25-42(40)52(5)44(48)27-13-9-14-28-45-49(3,4)41-24-17-19-26-43(41)53(45)32-20-10-15-29-46(54)50-30-33-56-35-37-58-38-36-57-34-31-51-47(55)59-39-21-11-7-6-8-12-22-39;/h9,11,13-14,16-19,21,23-28,39H,6-8,10,12,15,20,22,29-38H2,1-5H3,(H-,50,51,54,55);1H. The molecule has 10 nitrogen and oxygen atoms in total. The van der Waals surface area contributed by atoms with Crippen LogP contribution in [0.1, 0.15) is 96.6 Å². The van der Waals surface area contributed by atoms with Gasteiger partial charge in [-0.2, -0.15) is 4.58 Å². The number of halogens is 1. The molecule has 2 aromatic rings. The number of ether oxygens (including phenoxy) is 4. The number of nitrogens with one attached hydrogen (secondary N) is 2. The third-order valence-corrected chi connectivity index (χ3v) is 11.6. The van der Waals surface area contributed by atoms with Crippen LogP contribution in [0.15, 0.2) is 96.8 Å². The van der Waals surface area contributed by atoms with E-state index in [0.29, 0.717) is 59.2 Å². The minimum atomic E-state index is -0.406. The number of carbonyl (C=O) groups is 2. The Balaban J connectivity index is 0.00000794. The number of unbranched alkanes of at least 4 members (excludes halogenated alkanes) is 2. The zero-order valence-corrected chi connectivity index (χ0v) is 37.4. The molecule has 11 heteroatoms. The van der Waals surface area contributed by atoms with E-state index in [4.69, 9.17) is 18.9 Å². The topological polar surface area (TPSA) is 101 Å². The molecule has 0 fully saturated rings. The minimum Gasteiger partial charge on any atom is -1.00 e. The van der Waals surface area contributed by atoms with Gasteiger partial charge < -0.3 is 46.9 Å². The van der Waals surface area contributed by atoms with Gasteiger partial charge in [0.15, 0.2) is 5.71 Å². The van der Waals surface area contributed by atoms with Crippen molar-refractivity contribution in [2.24, 2.45) is 0 Å². The summed E-state index contributed by atoms with van der Waals surface area (Å²) in [5.41, 5.74) is 7.67. The van der Waals surface area contributed by atoms with Gasteiger partial charge in [-0.25, -0.2) is 4.79 Å². The first-order chi connectivity index (χ1) is 28.6. The number of nitrogens with zero attached hydrogens (tertiary/aromatic N) is 2. The van der Waals surface area contributed by atoms with E-state index in [9.17, 15) is 9.59 Å². The molecule has 2 heterocycles. The fourth-order valence-corrected chi connectivity index (χ4v) is 8.30. The van der Waals surface area contributed by atoms with E-state index in [-0.39, 0.29) is 35.2 Å². The average molecular weight is 846 g/mol. The number of rotatable bonds is 22. The van der Waals surface area contributed by atoms with Crippen LogP contribution in [0.3, 0.4) is 0 Å². The lowest BCUT2D eigenvalue weighted by molar-refractivity contribution is -0.401. The van der Waals surface area contributed by atoms with Crippen molar-refractivity contribution in [1.29, 1.82) is 0 Å². The van der Waals surface area contributed by atoms with Crippen molar-refractivity contribution < 1.29 is 45.5 Å². The monoisotopic (exact) mass is 844 g/mol. The fourth-order valence-electron chi connectivity index (χ4n) is 8.30. The van der Waals surface area contributed by atoms with E-state index in [1.54, 1.807) is 0 Å². The number of allylic oxidation sites excluding steroid dienone is 7. The molecule has 0 spiro atoms. The summed E-state index contributed by atoms with van der Waals surface area (Å²) in [4.78, 5) is 27.0. The van der Waals surface area contributed by atoms with Gasteiger partial charge in [-0.15, -0.1) is 0 Å². The van der Waals surface area contributed by atoms with Crippen molar-refractivity contribution in [3.05, 3.63) is 108 Å². The normalized spacial score (nSPS) is 18.6. The first kappa shape index (κ1) is 48.4. The highest BCUT2D eigenvalue weighted by molar-refractivity contribution is 6.03. The highest BCUT2D eigenvalue weighted by Gasteiger charge is 2.42. The maximum atomic E-state index is 12.5. The number of alkyl carbamates (subject to hydrolysis) is 1. The molecule has 0 radical (unpaired) electrons. The Labute approximate surface area is 365 Å². The summed E-state index contributed by atoms with van der Waals surface area (Å²) in [6.45, 7) is 13.6. The third kappa shape index (κ3) is 13.9. The summed E-state index contributed by atoms with van der Waals surface area (Å²) in [7, 11) is 2.15. The number of benzene rings is 2. The summed E-state index contributed by atoms with van der Waals surface area (Å²) in [5, 5.41) is 5.71. The Bertz CT molecular complexity index is 1830. The summed E-state index contributed by atoms with van der Waals surface area (Å²) in [5.74, 6) is 0.0575. The van der Waals surface area contributed by atoms with Gasteiger partial charge >= 0.3 is 6.09 Å². The molecule has 328 valence electrons. The number of hydrogen-bond donors (Lipinski definition) is 2. The van der Waals surface area contributed by atoms with E-state index in [0.717, 1.165) is 45.1 Å². The van der Waals surface area contributed by atoms with Crippen LogP contribution in [0.4, 0.5) is 16.2 Å². The van der Waals surface area contributed by atoms with Crippen molar-refractivity contribution in [3.8, 4) is 0 Å². The molecular weight excluding hydrogens is 776 g/mol. The van der Waals surface area contributed by atoms with Crippen LogP contribution in [-0.4, -0.2) is 94.7 Å². The molecule has 0 aromatic heterocycles. The van der Waals surface area contributed by atoms with Crippen LogP contribution in [0.25, 0.3) is 0 Å². The zero-order chi connectivity index (χ0) is 41.9. The molecule has 3 aliphatic rings. The Hall–Kier alpha value is -4.22. The molecule has 2 amide bonds. The Kier molecular flexibility index (Phi) is 20.1. The molecule has 0 saturated heterocycles. The Morgan fingerprint density at radius 1 is 0.783 bits per heavy atom. The van der Waals surface area contributed by atoms with Gasteiger partial charge in [0.1, 0.15) is 13.2 Å². The van der Waals surface area contributed by atoms with Gasteiger partial charge in [0, 0.05) is 60.6 Å². The van der Waals surface area contributed by atoms with Gasteiger partial charge in [-0.3, -0.25) is 4.79 Å². The predicted molar refractivity (Wildman–Crippen MR) is 238 cm³/mol. The molecule has 2 N–H and O–H groups in total. The third-order valence-electron chi connectivity index (χ3n) is 11.6. The van der Waals surface area contributed by atoms with Gasteiger partial charge in [0.05, 0.1) is 45.1 Å². The lowest BCUT2D eigenvalue weighted by Gasteiger charge is -2.27. The van der Waals surface area contributed by atoms with E-state index < -0.39 is 6.09 Å². The van der Waals surface area contributed by atoms with Crippen molar-refractivity contribution in [2.45, 2.75) is 102 Å². The first-order valence-electron chi connectivity index (χ1n) is 21.8. The molecule has 0 bridgehead atoms. The van der Waals surface area contributed by atoms with Crippen LogP contribution in [-0.2, 0) is 34.6 Å². The quantitative estimate of drug-likeness (QED) is 0.0667. The van der Waals surface area contributed by atoms with E-state index in [1.807, 2.05) is 6.08 Å². The van der Waals surface area contributed by atoms with Gasteiger partial charge in [0.25, 0.3) is 0 Å². The Morgan fingerprint density at radius 2 is 1.47 bits per heavy atom. The van der Waals surface area contributed by atoms with Crippen LogP contribution in [0, 0.1) is 0 Å².